The van der Waals surface area contributed by atoms with Crippen LogP contribution in [0.1, 0.15) is 15.7 Å². The minimum Gasteiger partial charge on any atom is -1.00 e. The summed E-state index contributed by atoms with van der Waals surface area (Å²) in [5.74, 6) is -0.722. The fourth-order valence-electron chi connectivity index (χ4n) is 0.416. The van der Waals surface area contributed by atoms with Crippen LogP contribution in [0.25, 0.3) is 0 Å². The number of carbonyl (C=O) groups is 1. The van der Waals surface area contributed by atoms with Gasteiger partial charge in [-0.1, -0.05) is 0 Å². The summed E-state index contributed by atoms with van der Waals surface area (Å²) in [6, 6.07) is 0. The van der Waals surface area contributed by atoms with Gasteiger partial charge in [0.15, 0.2) is 0 Å². The number of rotatable bonds is 4. The number of carboxylic acid groups (broad SMARTS) is 1. The van der Waals surface area contributed by atoms with Gasteiger partial charge in [0.25, 0.3) is 0 Å². The zero-order valence-corrected chi connectivity index (χ0v) is 12.5. The van der Waals surface area contributed by atoms with Crippen LogP contribution in [0.5, 0.6) is 0 Å². The molecule has 0 atom stereocenters. The molecule has 0 radical (unpaired) electrons. The zero-order chi connectivity index (χ0) is 6.41. The number of carboxylic acids is 1. The Bertz CT molecular complexity index is 92.9. The normalized spacial score (nSPS) is 6.64. The summed E-state index contributed by atoms with van der Waals surface area (Å²) in [7, 11) is 1.81. The summed E-state index contributed by atoms with van der Waals surface area (Å²) < 4.78 is 0. The number of aliphatic carboxylic acids is 1. The summed E-state index contributed by atoms with van der Waals surface area (Å²) in [5.41, 5.74) is 0. The SMILES string of the molecule is CNCCCC(=O)O.S.[H-].[H-].[Na+].[Na+]. The second-order valence-corrected chi connectivity index (χ2v) is 1.60. The van der Waals surface area contributed by atoms with E-state index in [0.29, 0.717) is 6.42 Å². The van der Waals surface area contributed by atoms with Crippen LogP contribution in [0, 0.1) is 0 Å². The molecular formula is C5H15NNa2O2S. The van der Waals surface area contributed by atoms with Crippen molar-refractivity contribution < 1.29 is 71.9 Å². The van der Waals surface area contributed by atoms with Crippen LogP contribution < -0.4 is 64.4 Å². The smallest absolute Gasteiger partial charge is 1.00 e. The van der Waals surface area contributed by atoms with E-state index in [0.717, 1.165) is 6.54 Å². The molecule has 0 bridgehead atoms. The zero-order valence-electron chi connectivity index (χ0n) is 9.48. The molecule has 0 aliphatic rings. The number of hydrogen-bond donors (Lipinski definition) is 2. The van der Waals surface area contributed by atoms with E-state index in [4.69, 9.17) is 5.11 Å². The molecule has 0 aromatic carbocycles. The standard InChI is InChI=1S/C5H11NO2.2Na.H2S.2H/c1-6-4-2-3-5(7)8;;;;;/h6H,2-4H2,1H3,(H,7,8);;;1H2;;/q;2*+1;;2*-1. The van der Waals surface area contributed by atoms with Gasteiger partial charge in [-0.2, -0.15) is 13.5 Å². The number of hydrogen-bond acceptors (Lipinski definition) is 2. The first-order chi connectivity index (χ1) is 3.77. The maximum atomic E-state index is 9.85. The molecule has 0 rings (SSSR count). The van der Waals surface area contributed by atoms with E-state index in [1.165, 1.54) is 0 Å². The van der Waals surface area contributed by atoms with Crippen LogP contribution in [0.2, 0.25) is 0 Å². The molecule has 6 heteroatoms. The van der Waals surface area contributed by atoms with Gasteiger partial charge in [-0.05, 0) is 20.0 Å². The van der Waals surface area contributed by atoms with E-state index < -0.39 is 5.97 Å². The Kier molecular flexibility index (Phi) is 37.1. The average Bonchev–Trinajstić information content (AvgIpc) is 1.66. The van der Waals surface area contributed by atoms with Gasteiger partial charge in [0.1, 0.15) is 0 Å². The molecule has 0 spiro atoms. The molecular weight excluding hydrogens is 184 g/mol. The van der Waals surface area contributed by atoms with Crippen molar-refractivity contribution in [3.05, 3.63) is 0 Å². The third kappa shape index (κ3) is 24.5. The molecule has 0 aliphatic carbocycles. The first kappa shape index (κ1) is 23.0. The van der Waals surface area contributed by atoms with Crippen molar-refractivity contribution in [3.63, 3.8) is 0 Å². The van der Waals surface area contributed by atoms with E-state index in [1.54, 1.807) is 0 Å². The van der Waals surface area contributed by atoms with E-state index in [-0.39, 0.29) is 81.9 Å². The summed E-state index contributed by atoms with van der Waals surface area (Å²) in [6.07, 6.45) is 0.979. The minimum absolute atomic E-state index is 0. The summed E-state index contributed by atoms with van der Waals surface area (Å²) in [6.45, 7) is 0.784. The Hall–Kier alpha value is 1.78. The maximum absolute atomic E-state index is 9.85. The molecule has 11 heavy (non-hydrogen) atoms. The van der Waals surface area contributed by atoms with Gasteiger partial charge >= 0.3 is 65.1 Å². The van der Waals surface area contributed by atoms with Gasteiger partial charge < -0.3 is 13.3 Å². The third-order valence-corrected chi connectivity index (χ3v) is 0.817. The second-order valence-electron chi connectivity index (χ2n) is 1.60. The monoisotopic (exact) mass is 199 g/mol. The molecule has 0 amide bonds. The molecule has 0 aromatic rings. The van der Waals surface area contributed by atoms with E-state index in [9.17, 15) is 4.79 Å². The van der Waals surface area contributed by atoms with Crippen molar-refractivity contribution in [2.24, 2.45) is 0 Å². The van der Waals surface area contributed by atoms with E-state index in [1.807, 2.05) is 7.05 Å². The van der Waals surface area contributed by atoms with Crippen molar-refractivity contribution in [3.8, 4) is 0 Å². The topological polar surface area (TPSA) is 49.3 Å². The first-order valence-electron chi connectivity index (χ1n) is 2.63. The largest absolute Gasteiger partial charge is 1.00 e. The predicted molar refractivity (Wildman–Crippen MR) is 43.4 cm³/mol. The van der Waals surface area contributed by atoms with Crippen molar-refractivity contribution in [1.29, 1.82) is 0 Å². The van der Waals surface area contributed by atoms with Crippen molar-refractivity contribution >= 4 is 19.5 Å². The predicted octanol–water partition coefficient (Wildman–Crippen LogP) is -5.58. The molecule has 3 nitrogen and oxygen atoms in total. The van der Waals surface area contributed by atoms with Crippen LogP contribution in [0.4, 0.5) is 0 Å². The average molecular weight is 199 g/mol. The number of nitrogens with one attached hydrogen (secondary N) is 1. The quantitative estimate of drug-likeness (QED) is 0.351. The van der Waals surface area contributed by atoms with Crippen molar-refractivity contribution in [2.75, 3.05) is 13.6 Å². The second kappa shape index (κ2) is 17.8. The Balaban J connectivity index is -0.0000000245. The molecule has 0 heterocycles. The summed E-state index contributed by atoms with van der Waals surface area (Å²) >= 11 is 0. The molecule has 0 fully saturated rings. The Labute approximate surface area is 122 Å². The van der Waals surface area contributed by atoms with Gasteiger partial charge in [0.05, 0.1) is 0 Å². The van der Waals surface area contributed by atoms with Crippen LogP contribution in [0.3, 0.4) is 0 Å². The fourth-order valence-corrected chi connectivity index (χ4v) is 0.416. The summed E-state index contributed by atoms with van der Waals surface area (Å²) in [5, 5.41) is 11.0. The molecule has 0 aliphatic heterocycles. The van der Waals surface area contributed by atoms with Crippen LogP contribution in [-0.4, -0.2) is 24.7 Å². The molecule has 2 N–H and O–H groups in total. The Morgan fingerprint density at radius 3 is 2.27 bits per heavy atom. The van der Waals surface area contributed by atoms with Crippen molar-refractivity contribution in [2.45, 2.75) is 12.8 Å². The molecule has 0 aromatic heterocycles. The van der Waals surface area contributed by atoms with Crippen LogP contribution in [0.15, 0.2) is 0 Å². The Morgan fingerprint density at radius 2 is 2.00 bits per heavy atom. The van der Waals surface area contributed by atoms with Crippen LogP contribution in [-0.2, 0) is 4.79 Å². The van der Waals surface area contributed by atoms with Gasteiger partial charge in [0, 0.05) is 6.42 Å². The van der Waals surface area contributed by atoms with Gasteiger partial charge in [0.2, 0.25) is 0 Å². The molecule has 0 saturated carbocycles. The van der Waals surface area contributed by atoms with Gasteiger partial charge in [-0.25, -0.2) is 0 Å². The Morgan fingerprint density at radius 1 is 1.55 bits per heavy atom. The van der Waals surface area contributed by atoms with E-state index in [2.05, 4.69) is 5.32 Å². The van der Waals surface area contributed by atoms with Gasteiger partial charge in [-0.15, -0.1) is 0 Å². The third-order valence-electron chi connectivity index (χ3n) is 0.817. The molecule has 0 saturated heterocycles. The molecule has 0 unspecified atom stereocenters. The van der Waals surface area contributed by atoms with Crippen molar-refractivity contribution in [1.82, 2.24) is 5.32 Å². The van der Waals surface area contributed by atoms with E-state index >= 15 is 0 Å². The molecule has 60 valence electrons. The first-order valence-corrected chi connectivity index (χ1v) is 2.63. The fraction of sp³-hybridized carbons (Fsp3) is 0.800. The van der Waals surface area contributed by atoms with Gasteiger partial charge in [-0.3, -0.25) is 4.79 Å². The minimum atomic E-state index is -0.722. The summed E-state index contributed by atoms with van der Waals surface area (Å²) in [4.78, 5) is 9.85. The van der Waals surface area contributed by atoms with Crippen LogP contribution >= 0.6 is 13.5 Å². The maximum Gasteiger partial charge on any atom is 1.00 e.